The molecule has 1 nitrogen and oxygen atoms in total. The van der Waals surface area contributed by atoms with Gasteiger partial charge in [0.1, 0.15) is 0 Å². The monoisotopic (exact) mass is 221 g/mol. The number of hydrogen-bond donors (Lipinski definition) is 0. The Morgan fingerprint density at radius 1 is 1.06 bits per heavy atom. The van der Waals surface area contributed by atoms with Crippen molar-refractivity contribution >= 4 is 0 Å². The van der Waals surface area contributed by atoms with Gasteiger partial charge < -0.3 is 0 Å². The normalized spacial score (nSPS) is 35.1. The molecular formula is C15H27N. The zero-order valence-electron chi connectivity index (χ0n) is 11.3. The second-order valence-corrected chi connectivity index (χ2v) is 7.56. The largest absolute Gasteiger partial charge is 0.295 e. The van der Waals surface area contributed by atoms with Crippen molar-refractivity contribution in [2.75, 3.05) is 6.54 Å². The lowest BCUT2D eigenvalue weighted by Crippen LogP contribution is -2.60. The minimum atomic E-state index is 0.526. The molecular weight excluding hydrogens is 194 g/mol. The van der Waals surface area contributed by atoms with E-state index in [1.54, 1.807) is 0 Å². The van der Waals surface area contributed by atoms with Crippen LogP contribution in [0.5, 0.6) is 0 Å². The van der Waals surface area contributed by atoms with Gasteiger partial charge >= 0.3 is 0 Å². The summed E-state index contributed by atoms with van der Waals surface area (Å²) in [5.74, 6) is 0.961. The standard InChI is InChI=1S/C15H27N/c1-14(2,3)12-7-10-16(13-5-6-13)15(11-12)8-4-9-15/h12-13H,4-11H2,1-3H3/t12-/m1/s1. The van der Waals surface area contributed by atoms with Gasteiger partial charge in [-0.2, -0.15) is 0 Å². The predicted octanol–water partition coefficient (Wildman–Crippen LogP) is 3.83. The molecule has 2 aliphatic carbocycles. The summed E-state index contributed by atoms with van der Waals surface area (Å²) in [4.78, 5) is 2.92. The van der Waals surface area contributed by atoms with Crippen LogP contribution < -0.4 is 0 Å². The summed E-state index contributed by atoms with van der Waals surface area (Å²) in [6.07, 6.45) is 10.4. The van der Waals surface area contributed by atoms with E-state index >= 15 is 0 Å². The Labute approximate surface area is 101 Å². The molecule has 1 atom stereocenters. The lowest BCUT2D eigenvalue weighted by molar-refractivity contribution is -0.0641. The van der Waals surface area contributed by atoms with Crippen LogP contribution in [0.1, 0.15) is 65.7 Å². The highest BCUT2D eigenvalue weighted by Crippen LogP contribution is 2.53. The van der Waals surface area contributed by atoms with Crippen molar-refractivity contribution in [3.63, 3.8) is 0 Å². The summed E-state index contributed by atoms with van der Waals surface area (Å²) in [7, 11) is 0. The maximum Gasteiger partial charge on any atom is 0.0215 e. The van der Waals surface area contributed by atoms with Crippen molar-refractivity contribution in [3.8, 4) is 0 Å². The highest BCUT2D eigenvalue weighted by atomic mass is 15.3. The molecule has 0 unspecified atom stereocenters. The molecule has 1 spiro atoms. The van der Waals surface area contributed by atoms with E-state index in [0.29, 0.717) is 11.0 Å². The van der Waals surface area contributed by atoms with E-state index in [0.717, 1.165) is 12.0 Å². The second kappa shape index (κ2) is 3.48. The van der Waals surface area contributed by atoms with Crippen LogP contribution in [0.4, 0.5) is 0 Å². The smallest absolute Gasteiger partial charge is 0.0215 e. The summed E-state index contributed by atoms with van der Waals surface area (Å²) in [5, 5.41) is 0. The van der Waals surface area contributed by atoms with Gasteiger partial charge in [-0.3, -0.25) is 4.90 Å². The van der Waals surface area contributed by atoms with Gasteiger partial charge in [0.15, 0.2) is 0 Å². The average molecular weight is 221 g/mol. The van der Waals surface area contributed by atoms with E-state index in [9.17, 15) is 0 Å². The first-order chi connectivity index (χ1) is 7.51. The van der Waals surface area contributed by atoms with Crippen molar-refractivity contribution in [3.05, 3.63) is 0 Å². The molecule has 1 heteroatoms. The van der Waals surface area contributed by atoms with Crippen molar-refractivity contribution in [2.24, 2.45) is 11.3 Å². The molecule has 0 N–H and O–H groups in total. The van der Waals surface area contributed by atoms with E-state index in [-0.39, 0.29) is 0 Å². The van der Waals surface area contributed by atoms with Gasteiger partial charge in [-0.25, -0.2) is 0 Å². The molecule has 0 aromatic rings. The summed E-state index contributed by atoms with van der Waals surface area (Å²) in [5.41, 5.74) is 1.19. The van der Waals surface area contributed by atoms with Crippen molar-refractivity contribution in [1.29, 1.82) is 0 Å². The molecule has 3 aliphatic rings. The fourth-order valence-electron chi connectivity index (χ4n) is 3.98. The SMILES string of the molecule is CC(C)(C)[C@@H]1CCN(C2CC2)C2(CCC2)C1. The molecule has 1 heterocycles. The maximum atomic E-state index is 2.92. The number of rotatable bonds is 1. The highest BCUT2D eigenvalue weighted by molar-refractivity contribution is 5.07. The summed E-state index contributed by atoms with van der Waals surface area (Å²) < 4.78 is 0. The van der Waals surface area contributed by atoms with Gasteiger partial charge in [-0.1, -0.05) is 20.8 Å². The Morgan fingerprint density at radius 3 is 2.19 bits per heavy atom. The Balaban J connectivity index is 1.74. The van der Waals surface area contributed by atoms with Crippen molar-refractivity contribution in [1.82, 2.24) is 4.90 Å². The molecule has 1 saturated heterocycles. The zero-order chi connectivity index (χ0) is 11.4. The van der Waals surface area contributed by atoms with Gasteiger partial charge in [0.2, 0.25) is 0 Å². The Kier molecular flexibility index (Phi) is 2.41. The third-order valence-electron chi connectivity index (χ3n) is 5.45. The van der Waals surface area contributed by atoms with Gasteiger partial charge in [-0.15, -0.1) is 0 Å². The number of nitrogens with zero attached hydrogens (tertiary/aromatic N) is 1. The molecule has 16 heavy (non-hydrogen) atoms. The molecule has 0 aromatic carbocycles. The van der Waals surface area contributed by atoms with Crippen LogP contribution in [0.25, 0.3) is 0 Å². The summed E-state index contributed by atoms with van der Waals surface area (Å²) in [6, 6.07) is 0.987. The zero-order valence-corrected chi connectivity index (χ0v) is 11.3. The van der Waals surface area contributed by atoms with Gasteiger partial charge in [0, 0.05) is 11.6 Å². The molecule has 92 valence electrons. The third kappa shape index (κ3) is 1.72. The summed E-state index contributed by atoms with van der Waals surface area (Å²) >= 11 is 0. The molecule has 3 fully saturated rings. The van der Waals surface area contributed by atoms with Gasteiger partial charge in [-0.05, 0) is 62.8 Å². The average Bonchev–Trinajstić information content (AvgIpc) is 2.96. The van der Waals surface area contributed by atoms with Crippen molar-refractivity contribution in [2.45, 2.75) is 77.3 Å². The van der Waals surface area contributed by atoms with E-state index in [1.165, 1.54) is 51.5 Å². The fraction of sp³-hybridized carbons (Fsp3) is 1.00. The van der Waals surface area contributed by atoms with Crippen LogP contribution in [0.15, 0.2) is 0 Å². The molecule has 0 aromatic heterocycles. The highest BCUT2D eigenvalue weighted by Gasteiger charge is 2.52. The first-order valence-electron chi connectivity index (χ1n) is 7.28. The number of hydrogen-bond acceptors (Lipinski definition) is 1. The number of likely N-dealkylation sites (tertiary alicyclic amines) is 1. The predicted molar refractivity (Wildman–Crippen MR) is 68.5 cm³/mol. The topological polar surface area (TPSA) is 3.24 Å². The van der Waals surface area contributed by atoms with Crippen LogP contribution in [0, 0.1) is 11.3 Å². The van der Waals surface area contributed by atoms with E-state index in [4.69, 9.17) is 0 Å². The Bertz CT molecular complexity index is 268. The molecule has 0 radical (unpaired) electrons. The molecule has 0 bridgehead atoms. The van der Waals surface area contributed by atoms with Crippen LogP contribution in [-0.4, -0.2) is 23.0 Å². The van der Waals surface area contributed by atoms with E-state index in [1.807, 2.05) is 0 Å². The van der Waals surface area contributed by atoms with E-state index < -0.39 is 0 Å². The summed E-state index contributed by atoms with van der Waals surface area (Å²) in [6.45, 7) is 8.72. The van der Waals surface area contributed by atoms with Gasteiger partial charge in [0.25, 0.3) is 0 Å². The van der Waals surface area contributed by atoms with Crippen LogP contribution in [-0.2, 0) is 0 Å². The van der Waals surface area contributed by atoms with Crippen molar-refractivity contribution < 1.29 is 0 Å². The lowest BCUT2D eigenvalue weighted by atomic mass is 9.62. The number of piperidine rings is 1. The Hall–Kier alpha value is -0.0400. The van der Waals surface area contributed by atoms with Gasteiger partial charge in [0.05, 0.1) is 0 Å². The molecule has 3 rings (SSSR count). The van der Waals surface area contributed by atoms with Crippen LogP contribution >= 0.6 is 0 Å². The molecule has 0 amide bonds. The molecule has 1 aliphatic heterocycles. The van der Waals surface area contributed by atoms with E-state index in [2.05, 4.69) is 25.7 Å². The Morgan fingerprint density at radius 2 is 1.75 bits per heavy atom. The second-order valence-electron chi connectivity index (χ2n) is 7.56. The molecule has 2 saturated carbocycles. The van der Waals surface area contributed by atoms with Crippen LogP contribution in [0.2, 0.25) is 0 Å². The lowest BCUT2D eigenvalue weighted by Gasteiger charge is -2.57. The first-order valence-corrected chi connectivity index (χ1v) is 7.28. The minimum Gasteiger partial charge on any atom is -0.295 e. The third-order valence-corrected chi connectivity index (χ3v) is 5.45. The first kappa shape index (κ1) is 11.1. The minimum absolute atomic E-state index is 0.526. The fourth-order valence-corrected chi connectivity index (χ4v) is 3.98. The van der Waals surface area contributed by atoms with Crippen LogP contribution in [0.3, 0.4) is 0 Å². The quantitative estimate of drug-likeness (QED) is 0.650. The maximum absolute atomic E-state index is 2.92.